The number of benzene rings is 2. The molecule has 3 fully saturated rings. The summed E-state index contributed by atoms with van der Waals surface area (Å²) < 4.78 is 45.4. The Balaban J connectivity index is 0.00000486. The fourth-order valence-corrected chi connectivity index (χ4v) is 10.2. The molecule has 6 rings (SSSR count). The Morgan fingerprint density at radius 3 is 2.52 bits per heavy atom. The maximum atomic E-state index is 13.4. The molecule has 0 aromatic heterocycles. The van der Waals surface area contributed by atoms with Crippen LogP contribution < -0.4 is 10.6 Å². The van der Waals surface area contributed by atoms with Crippen molar-refractivity contribution in [2.24, 2.45) is 33.3 Å². The average molecular weight is 1040 g/mol. The molecule has 1 unspecified atom stereocenters. The molecule has 272 valence electrons. The van der Waals surface area contributed by atoms with Crippen LogP contribution in [0.1, 0.15) is 88.8 Å². The number of nitrogens with two attached hydrogens (primary N) is 1. The number of halogens is 1. The second kappa shape index (κ2) is 17.6. The van der Waals surface area contributed by atoms with Crippen LogP contribution in [0.15, 0.2) is 40.8 Å². The minimum Gasteiger partial charge on any atom is -0.393 e. The predicted octanol–water partition coefficient (Wildman–Crippen LogP) is 6.83. The summed E-state index contributed by atoms with van der Waals surface area (Å²) in [6, 6.07) is 15.9. The van der Waals surface area contributed by atoms with Crippen molar-refractivity contribution in [3.8, 4) is 0 Å². The number of unbranched alkanes of at least 4 members (excludes halogenated alkanes) is 1. The Morgan fingerprint density at radius 1 is 1.08 bits per heavy atom. The monoisotopic (exact) mass is 1040 g/mol. The summed E-state index contributed by atoms with van der Waals surface area (Å²) in [5, 5.41) is -0.635. The number of anilines is 1. The van der Waals surface area contributed by atoms with Crippen molar-refractivity contribution >= 4 is 44.1 Å². The second-order valence-corrected chi connectivity index (χ2v) is 18.6. The average Bonchev–Trinajstić information content (AvgIpc) is 3.05. The number of sulfonamides is 1. The van der Waals surface area contributed by atoms with Crippen LogP contribution in [0.4, 0.5) is 5.69 Å². The van der Waals surface area contributed by atoms with Gasteiger partial charge in [0.2, 0.25) is 0 Å². The summed E-state index contributed by atoms with van der Waals surface area (Å²) in [6.07, 6.45) is 9.03. The predicted molar refractivity (Wildman–Crippen MR) is 206 cm³/mol. The SMILES string of the molecule is [CH2-]c1ccc(I)cc1CCCCN1CC2(C)CC[C@H]2[C@@H](C2OCC(N3CCC3)CO2)CCC[C@H](C)[C@@H](C)S(=O)(=O)N=C(N)c2cc[c-]c1c2.[U+2]. The first-order valence-electron chi connectivity index (χ1n) is 18.4. The zero-order valence-corrected chi connectivity index (χ0v) is 37.2. The van der Waals surface area contributed by atoms with Gasteiger partial charge in [-0.15, -0.1) is 28.2 Å². The van der Waals surface area contributed by atoms with E-state index >= 15 is 0 Å². The molecule has 2 bridgehead atoms. The van der Waals surface area contributed by atoms with Gasteiger partial charge in [-0.25, -0.2) is 8.42 Å². The van der Waals surface area contributed by atoms with E-state index in [9.17, 15) is 8.42 Å². The first kappa shape index (κ1) is 40.4. The quantitative estimate of drug-likeness (QED) is 0.185. The van der Waals surface area contributed by atoms with Crippen LogP contribution >= 0.6 is 22.6 Å². The molecule has 50 heavy (non-hydrogen) atoms. The van der Waals surface area contributed by atoms with Gasteiger partial charge in [0.05, 0.1) is 24.5 Å². The van der Waals surface area contributed by atoms with Crippen LogP contribution in [-0.2, 0) is 25.9 Å². The number of hydrogen-bond donors (Lipinski definition) is 1. The molecule has 0 spiro atoms. The zero-order valence-electron chi connectivity index (χ0n) is 30.1. The van der Waals surface area contributed by atoms with Crippen molar-refractivity contribution in [3.05, 3.63) is 69.6 Å². The van der Waals surface area contributed by atoms with Gasteiger partial charge in [-0.3, -0.25) is 4.90 Å². The Bertz CT molecular complexity index is 1580. The number of ether oxygens (including phenoxy) is 2. The van der Waals surface area contributed by atoms with Crippen molar-refractivity contribution in [1.82, 2.24) is 4.90 Å². The standard InChI is InChI=1S/C39H55IN4O4S.U/c1-27-10-7-14-35(38-47-24-34(25-48-38)43-20-9-21-43)36-17-18-39(36,4)26-44(19-6-5-11-30-22-32(40)16-15-28(30)2)33-13-8-12-31(23-33)37(41)42-49(45,46)29(27)3;/h8,12,15-16,22-23,27,29,34-36,38H,2,5-7,9-11,14,17-21,24-26H2,1,3-4H3,(H2,41,42);/q-2;+2/t27-,29+,34?,35-,36-,38?,39?;/m0./s1. The van der Waals surface area contributed by atoms with E-state index in [1.54, 1.807) is 6.92 Å². The van der Waals surface area contributed by atoms with Gasteiger partial charge >= 0.3 is 31.1 Å². The fourth-order valence-electron chi connectivity index (χ4n) is 8.37. The maximum absolute atomic E-state index is 13.4. The first-order chi connectivity index (χ1) is 23.4. The number of rotatable bonds is 7. The molecule has 2 aromatic carbocycles. The van der Waals surface area contributed by atoms with E-state index in [1.165, 1.54) is 15.6 Å². The number of nitrogens with zero attached hydrogens (tertiary/aromatic N) is 3. The van der Waals surface area contributed by atoms with E-state index in [1.807, 2.05) is 25.1 Å². The zero-order chi connectivity index (χ0) is 34.8. The molecule has 4 aliphatic rings. The van der Waals surface area contributed by atoms with Gasteiger partial charge in [0.25, 0.3) is 10.0 Å². The van der Waals surface area contributed by atoms with E-state index in [0.29, 0.717) is 17.5 Å². The number of likely N-dealkylation sites (tertiary alicyclic amines) is 1. The molecule has 5 atom stereocenters. The van der Waals surface area contributed by atoms with Crippen molar-refractivity contribution in [2.45, 2.75) is 96.1 Å². The molecule has 0 radical (unpaired) electrons. The fraction of sp³-hybridized carbons (Fsp3) is 0.641. The molecule has 3 heterocycles. The van der Waals surface area contributed by atoms with Crippen molar-refractivity contribution in [1.29, 1.82) is 0 Å². The molecule has 2 aromatic rings. The van der Waals surface area contributed by atoms with Crippen LogP contribution in [0, 0.1) is 70.8 Å². The molecule has 2 saturated heterocycles. The van der Waals surface area contributed by atoms with E-state index in [-0.39, 0.29) is 60.5 Å². The first-order valence-corrected chi connectivity index (χ1v) is 21.0. The van der Waals surface area contributed by atoms with Gasteiger partial charge < -0.3 is 20.1 Å². The molecule has 0 amide bonds. The van der Waals surface area contributed by atoms with Gasteiger partial charge in [-0.05, 0) is 102 Å². The summed E-state index contributed by atoms with van der Waals surface area (Å²) in [5.41, 5.74) is 10.4. The van der Waals surface area contributed by atoms with Crippen molar-refractivity contribution < 1.29 is 49.0 Å². The summed E-state index contributed by atoms with van der Waals surface area (Å²) >= 11 is 2.37. The Labute approximate surface area is 338 Å². The maximum Gasteiger partial charge on any atom is 2.00 e. The normalized spacial score (nSPS) is 32.1. The van der Waals surface area contributed by atoms with Crippen LogP contribution in [0.25, 0.3) is 0 Å². The number of fused-ring (bicyclic) bond motifs is 3. The van der Waals surface area contributed by atoms with Crippen LogP contribution in [0.2, 0.25) is 0 Å². The van der Waals surface area contributed by atoms with Crippen LogP contribution in [0.3, 0.4) is 0 Å². The molecule has 3 aliphatic heterocycles. The summed E-state index contributed by atoms with van der Waals surface area (Å²) in [4.78, 5) is 4.92. The third-order valence-electron chi connectivity index (χ3n) is 12.1. The van der Waals surface area contributed by atoms with Crippen molar-refractivity contribution in [2.75, 3.05) is 44.3 Å². The number of hydrogen-bond acceptors (Lipinski definition) is 7. The van der Waals surface area contributed by atoms with Crippen molar-refractivity contribution in [3.63, 3.8) is 0 Å². The second-order valence-electron chi connectivity index (χ2n) is 15.4. The Hall–Kier alpha value is -0.808. The summed E-state index contributed by atoms with van der Waals surface area (Å²) in [6.45, 7) is 15.9. The van der Waals surface area contributed by atoms with Gasteiger partial charge in [0.15, 0.2) is 6.29 Å². The molecule has 8 nitrogen and oxygen atoms in total. The smallest absolute Gasteiger partial charge is 0.393 e. The van der Waals surface area contributed by atoms with E-state index in [4.69, 9.17) is 15.2 Å². The largest absolute Gasteiger partial charge is 2.00 e. The van der Waals surface area contributed by atoms with Gasteiger partial charge in [0, 0.05) is 19.0 Å². The molecule has 2 N–H and O–H groups in total. The van der Waals surface area contributed by atoms with E-state index in [2.05, 4.69) is 74.9 Å². The van der Waals surface area contributed by atoms with Gasteiger partial charge in [-0.1, -0.05) is 44.4 Å². The van der Waals surface area contributed by atoms with Gasteiger partial charge in [0.1, 0.15) is 5.84 Å². The molecule has 11 heteroatoms. The minimum absolute atomic E-state index is 0. The van der Waals surface area contributed by atoms with E-state index < -0.39 is 15.3 Å². The topological polar surface area (TPSA) is 97.5 Å². The molecular formula is C39H55IN4O4SU. The third-order valence-corrected chi connectivity index (χ3v) is 14.6. The third kappa shape index (κ3) is 9.46. The molecule has 1 aliphatic carbocycles. The Morgan fingerprint density at radius 2 is 1.84 bits per heavy atom. The van der Waals surface area contributed by atoms with Gasteiger partial charge in [-0.2, -0.15) is 36.8 Å². The number of aryl methyl sites for hydroxylation is 1. The van der Waals surface area contributed by atoms with Crippen LogP contribution in [-0.4, -0.2) is 76.1 Å². The Kier molecular flexibility index (Phi) is 14.2. The summed E-state index contributed by atoms with van der Waals surface area (Å²) in [7, 11) is -3.80. The van der Waals surface area contributed by atoms with Crippen LogP contribution in [0.5, 0.6) is 0 Å². The molecular weight excluding hydrogens is 985 g/mol. The number of amidine groups is 1. The van der Waals surface area contributed by atoms with E-state index in [0.717, 1.165) is 102 Å². The molecule has 1 saturated carbocycles. The summed E-state index contributed by atoms with van der Waals surface area (Å²) in [5.74, 6) is 0.685. The minimum atomic E-state index is -3.80.